The number of rotatable bonds is 7. The monoisotopic (exact) mass is 482 g/mol. The van der Waals surface area contributed by atoms with Gasteiger partial charge in [0.05, 0.1) is 5.69 Å². The second kappa shape index (κ2) is 10.5. The first-order valence-electron chi connectivity index (χ1n) is 12.3. The van der Waals surface area contributed by atoms with E-state index in [1.54, 1.807) is 6.33 Å². The molecule has 1 aliphatic rings. The fourth-order valence-electron chi connectivity index (χ4n) is 4.64. The van der Waals surface area contributed by atoms with Gasteiger partial charge in [-0.3, -0.25) is 4.79 Å². The Balaban J connectivity index is 1.48. The maximum absolute atomic E-state index is 13.2. The molecule has 2 aromatic carbocycles. The van der Waals surface area contributed by atoms with Gasteiger partial charge in [0.25, 0.3) is 5.91 Å². The molecule has 0 radical (unpaired) electrons. The molecule has 0 atom stereocenters. The van der Waals surface area contributed by atoms with Crippen LogP contribution in [0.5, 0.6) is 0 Å². The SMILES string of the molecule is CCCCc1ccccc1C(=O)Nc1cccc(-c2ncnc3[nH]c(C4=CCSCC4)cc23)c1C. The number of carbonyl (C=O) groups excluding carboxylic acids is 1. The molecule has 0 saturated carbocycles. The summed E-state index contributed by atoms with van der Waals surface area (Å²) in [5.74, 6) is 2.11. The standard InChI is InChI=1S/C29H30N4OS/c1-3-4-8-20-9-5-6-10-23(20)29(34)33-25-12-7-11-22(19(25)2)27-24-17-26(21-13-15-35-16-14-21)32-28(24)31-18-30-27/h5-7,9-13,17-18H,3-4,8,14-16H2,1-2H3,(H,33,34)(H,30,31,32). The van der Waals surface area contributed by atoms with Gasteiger partial charge >= 0.3 is 0 Å². The number of aromatic nitrogens is 3. The Morgan fingerprint density at radius 2 is 2.03 bits per heavy atom. The molecule has 0 fully saturated rings. The van der Waals surface area contributed by atoms with Gasteiger partial charge in [-0.25, -0.2) is 9.97 Å². The lowest BCUT2D eigenvalue weighted by molar-refractivity contribution is 0.102. The van der Waals surface area contributed by atoms with Crippen LogP contribution in [0, 0.1) is 6.92 Å². The third-order valence-corrected chi connectivity index (χ3v) is 7.53. The third kappa shape index (κ3) is 4.89. The van der Waals surface area contributed by atoms with Gasteiger partial charge in [0.2, 0.25) is 0 Å². The van der Waals surface area contributed by atoms with Crippen LogP contribution >= 0.6 is 11.8 Å². The maximum atomic E-state index is 13.2. The summed E-state index contributed by atoms with van der Waals surface area (Å²) in [5, 5.41) is 4.16. The number of thioether (sulfide) groups is 1. The first kappa shape index (κ1) is 23.4. The molecule has 6 heteroatoms. The molecule has 0 bridgehead atoms. The Bertz CT molecular complexity index is 1410. The topological polar surface area (TPSA) is 70.7 Å². The molecule has 2 aromatic heterocycles. The number of H-pyrrole nitrogens is 1. The Labute approximate surface area is 210 Å². The summed E-state index contributed by atoms with van der Waals surface area (Å²) in [4.78, 5) is 25.9. The van der Waals surface area contributed by atoms with Gasteiger partial charge in [0.1, 0.15) is 12.0 Å². The van der Waals surface area contributed by atoms with Gasteiger partial charge in [0.15, 0.2) is 0 Å². The summed E-state index contributed by atoms with van der Waals surface area (Å²) in [7, 11) is 0. The van der Waals surface area contributed by atoms with Crippen LogP contribution < -0.4 is 5.32 Å². The number of anilines is 1. The van der Waals surface area contributed by atoms with Crippen molar-refractivity contribution < 1.29 is 4.79 Å². The van der Waals surface area contributed by atoms with E-state index in [-0.39, 0.29) is 5.91 Å². The molecule has 35 heavy (non-hydrogen) atoms. The summed E-state index contributed by atoms with van der Waals surface area (Å²) >= 11 is 1.96. The molecule has 3 heterocycles. The number of allylic oxidation sites excluding steroid dienone is 1. The van der Waals surface area contributed by atoms with E-state index in [0.717, 1.165) is 87.6 Å². The molecular formula is C29H30N4OS. The number of hydrogen-bond donors (Lipinski definition) is 2. The van der Waals surface area contributed by atoms with E-state index in [4.69, 9.17) is 0 Å². The first-order chi connectivity index (χ1) is 17.2. The van der Waals surface area contributed by atoms with Gasteiger partial charge in [-0.1, -0.05) is 49.8 Å². The van der Waals surface area contributed by atoms with E-state index in [0.29, 0.717) is 0 Å². The number of aromatic amines is 1. The van der Waals surface area contributed by atoms with Crippen molar-refractivity contribution in [1.29, 1.82) is 0 Å². The molecule has 0 unspecified atom stereocenters. The van der Waals surface area contributed by atoms with E-state index in [1.165, 1.54) is 5.57 Å². The average Bonchev–Trinajstić information content (AvgIpc) is 3.34. The normalized spacial score (nSPS) is 13.6. The van der Waals surface area contributed by atoms with E-state index >= 15 is 0 Å². The van der Waals surface area contributed by atoms with Crippen molar-refractivity contribution in [2.75, 3.05) is 16.8 Å². The molecule has 0 saturated heterocycles. The minimum absolute atomic E-state index is 0.0733. The van der Waals surface area contributed by atoms with Crippen LogP contribution in [0.15, 0.2) is 60.9 Å². The molecule has 178 valence electrons. The number of amides is 1. The van der Waals surface area contributed by atoms with Crippen molar-refractivity contribution in [2.24, 2.45) is 0 Å². The number of fused-ring (bicyclic) bond motifs is 1. The Morgan fingerprint density at radius 1 is 1.14 bits per heavy atom. The molecule has 5 nitrogen and oxygen atoms in total. The number of aryl methyl sites for hydroxylation is 1. The van der Waals surface area contributed by atoms with Crippen LogP contribution in [0.1, 0.15) is 53.4 Å². The molecule has 5 rings (SSSR count). The van der Waals surface area contributed by atoms with Gasteiger partial charge in [-0.05, 0) is 66.8 Å². The zero-order valence-corrected chi connectivity index (χ0v) is 21.0. The molecule has 0 aliphatic carbocycles. The molecule has 2 N–H and O–H groups in total. The smallest absolute Gasteiger partial charge is 0.255 e. The van der Waals surface area contributed by atoms with Crippen LogP contribution in [0.4, 0.5) is 5.69 Å². The zero-order chi connectivity index (χ0) is 24.2. The zero-order valence-electron chi connectivity index (χ0n) is 20.2. The number of hydrogen-bond acceptors (Lipinski definition) is 4. The van der Waals surface area contributed by atoms with Crippen molar-refractivity contribution in [2.45, 2.75) is 39.5 Å². The van der Waals surface area contributed by atoms with E-state index in [1.807, 2.05) is 49.0 Å². The summed E-state index contributed by atoms with van der Waals surface area (Å²) in [6.45, 7) is 4.20. The predicted molar refractivity (Wildman–Crippen MR) is 147 cm³/mol. The summed E-state index contributed by atoms with van der Waals surface area (Å²) < 4.78 is 0. The fourth-order valence-corrected chi connectivity index (χ4v) is 5.49. The van der Waals surface area contributed by atoms with Crippen molar-refractivity contribution in [1.82, 2.24) is 15.0 Å². The van der Waals surface area contributed by atoms with Crippen molar-refractivity contribution in [3.8, 4) is 11.3 Å². The summed E-state index contributed by atoms with van der Waals surface area (Å²) in [6, 6.07) is 16.0. The minimum Gasteiger partial charge on any atom is -0.339 e. The second-order valence-electron chi connectivity index (χ2n) is 8.91. The van der Waals surface area contributed by atoms with Crippen LogP contribution in [0.2, 0.25) is 0 Å². The lowest BCUT2D eigenvalue weighted by Crippen LogP contribution is -2.15. The quantitative estimate of drug-likeness (QED) is 0.296. The third-order valence-electron chi connectivity index (χ3n) is 6.63. The van der Waals surface area contributed by atoms with Crippen LogP contribution in [-0.4, -0.2) is 32.4 Å². The molecule has 1 amide bonds. The lowest BCUT2D eigenvalue weighted by Gasteiger charge is -2.14. The summed E-state index contributed by atoms with van der Waals surface area (Å²) in [6.07, 6.45) is 8.03. The highest BCUT2D eigenvalue weighted by Gasteiger charge is 2.17. The Hall–Kier alpha value is -3.38. The van der Waals surface area contributed by atoms with Gasteiger partial charge in [0, 0.05) is 33.6 Å². The van der Waals surface area contributed by atoms with E-state index in [9.17, 15) is 4.79 Å². The number of unbranched alkanes of at least 4 members (excludes halogenated alkanes) is 1. The van der Waals surface area contributed by atoms with Gasteiger partial charge in [-0.15, -0.1) is 0 Å². The van der Waals surface area contributed by atoms with E-state index < -0.39 is 0 Å². The fraction of sp³-hybridized carbons (Fsp3) is 0.276. The second-order valence-corrected chi connectivity index (χ2v) is 10.1. The van der Waals surface area contributed by atoms with Crippen molar-refractivity contribution in [3.05, 3.63) is 83.3 Å². The molecular weight excluding hydrogens is 452 g/mol. The van der Waals surface area contributed by atoms with Crippen LogP contribution in [-0.2, 0) is 6.42 Å². The maximum Gasteiger partial charge on any atom is 0.255 e. The first-order valence-corrected chi connectivity index (χ1v) is 13.4. The van der Waals surface area contributed by atoms with E-state index in [2.05, 4.69) is 51.5 Å². The highest BCUT2D eigenvalue weighted by Crippen LogP contribution is 2.34. The van der Waals surface area contributed by atoms with Gasteiger partial charge < -0.3 is 10.3 Å². The minimum atomic E-state index is -0.0733. The van der Waals surface area contributed by atoms with Gasteiger partial charge in [-0.2, -0.15) is 11.8 Å². The Kier molecular flexibility index (Phi) is 7.00. The number of nitrogens with zero attached hydrogens (tertiary/aromatic N) is 2. The predicted octanol–water partition coefficient (Wildman–Crippen LogP) is 7.05. The van der Waals surface area contributed by atoms with Crippen molar-refractivity contribution >= 4 is 40.0 Å². The highest BCUT2D eigenvalue weighted by atomic mass is 32.2. The van der Waals surface area contributed by atoms with Crippen LogP contribution in [0.3, 0.4) is 0 Å². The number of benzene rings is 2. The molecule has 1 aliphatic heterocycles. The lowest BCUT2D eigenvalue weighted by atomic mass is 9.99. The molecule has 4 aromatic rings. The molecule has 0 spiro atoms. The van der Waals surface area contributed by atoms with Crippen molar-refractivity contribution in [3.63, 3.8) is 0 Å². The largest absolute Gasteiger partial charge is 0.339 e. The Morgan fingerprint density at radius 3 is 2.86 bits per heavy atom. The summed E-state index contributed by atoms with van der Waals surface area (Å²) in [5.41, 5.74) is 8.78. The number of carbonyl (C=O) groups is 1. The highest BCUT2D eigenvalue weighted by molar-refractivity contribution is 7.99. The van der Waals surface area contributed by atoms with Crippen LogP contribution in [0.25, 0.3) is 27.9 Å². The number of nitrogens with one attached hydrogen (secondary N) is 2. The average molecular weight is 483 g/mol.